The SMILES string of the molecule is CCNCCCc1nnc(CCC2CCCO2)s1. The van der Waals surface area contributed by atoms with Crippen LogP contribution >= 0.6 is 11.3 Å². The maximum atomic E-state index is 5.62. The molecule has 5 heteroatoms. The minimum Gasteiger partial charge on any atom is -0.378 e. The van der Waals surface area contributed by atoms with Gasteiger partial charge in [0.25, 0.3) is 0 Å². The van der Waals surface area contributed by atoms with Gasteiger partial charge in [-0.1, -0.05) is 6.92 Å². The van der Waals surface area contributed by atoms with E-state index >= 15 is 0 Å². The quantitative estimate of drug-likeness (QED) is 0.735. The van der Waals surface area contributed by atoms with Gasteiger partial charge in [0, 0.05) is 19.4 Å². The van der Waals surface area contributed by atoms with Gasteiger partial charge in [-0.2, -0.15) is 0 Å². The van der Waals surface area contributed by atoms with Crippen LogP contribution in [0.3, 0.4) is 0 Å². The first-order valence-electron chi connectivity index (χ1n) is 7.02. The van der Waals surface area contributed by atoms with Crippen LogP contribution in [0.5, 0.6) is 0 Å². The molecule has 2 heterocycles. The Bertz CT molecular complexity index is 337. The highest BCUT2D eigenvalue weighted by molar-refractivity contribution is 7.11. The Hall–Kier alpha value is -0.520. The van der Waals surface area contributed by atoms with Gasteiger partial charge in [0.1, 0.15) is 10.0 Å². The third kappa shape index (κ3) is 4.63. The molecule has 1 aromatic rings. The second kappa shape index (κ2) is 7.81. The van der Waals surface area contributed by atoms with Gasteiger partial charge < -0.3 is 10.1 Å². The van der Waals surface area contributed by atoms with Crippen LogP contribution in [0.2, 0.25) is 0 Å². The molecule has 0 spiro atoms. The fourth-order valence-corrected chi connectivity index (χ4v) is 3.09. The van der Waals surface area contributed by atoms with E-state index in [1.165, 1.54) is 22.9 Å². The van der Waals surface area contributed by atoms with Gasteiger partial charge in [-0.15, -0.1) is 21.5 Å². The van der Waals surface area contributed by atoms with E-state index in [1.807, 2.05) is 0 Å². The van der Waals surface area contributed by atoms with E-state index in [4.69, 9.17) is 4.74 Å². The average Bonchev–Trinajstić information content (AvgIpc) is 3.03. The second-order valence-corrected chi connectivity index (χ2v) is 5.87. The second-order valence-electron chi connectivity index (χ2n) is 4.72. The lowest BCUT2D eigenvalue weighted by molar-refractivity contribution is 0.104. The molecule has 0 amide bonds. The van der Waals surface area contributed by atoms with Crippen molar-refractivity contribution in [1.29, 1.82) is 0 Å². The summed E-state index contributed by atoms with van der Waals surface area (Å²) < 4.78 is 5.62. The minimum atomic E-state index is 0.464. The largest absolute Gasteiger partial charge is 0.378 e. The zero-order valence-electron chi connectivity index (χ0n) is 11.2. The number of nitrogens with zero attached hydrogens (tertiary/aromatic N) is 2. The highest BCUT2D eigenvalue weighted by atomic mass is 32.1. The summed E-state index contributed by atoms with van der Waals surface area (Å²) in [5.41, 5.74) is 0. The number of nitrogens with one attached hydrogen (secondary N) is 1. The van der Waals surface area contributed by atoms with Crippen molar-refractivity contribution in [2.45, 2.75) is 51.6 Å². The molecule has 0 aliphatic carbocycles. The molecule has 1 fully saturated rings. The molecule has 2 rings (SSSR count). The normalized spacial score (nSPS) is 19.5. The number of aromatic nitrogens is 2. The van der Waals surface area contributed by atoms with E-state index in [1.54, 1.807) is 11.3 Å². The van der Waals surface area contributed by atoms with Gasteiger partial charge in [0.05, 0.1) is 6.10 Å². The zero-order valence-corrected chi connectivity index (χ0v) is 12.0. The topological polar surface area (TPSA) is 47.0 Å². The Morgan fingerprint density at radius 3 is 2.89 bits per heavy atom. The molecule has 0 saturated carbocycles. The first kappa shape index (κ1) is 13.9. The smallest absolute Gasteiger partial charge is 0.117 e. The molecule has 1 aliphatic heterocycles. The van der Waals surface area contributed by atoms with Gasteiger partial charge in [0.15, 0.2) is 0 Å². The predicted octanol–water partition coefficient (Wildman–Crippen LogP) is 2.19. The number of hydrogen-bond acceptors (Lipinski definition) is 5. The molecule has 1 atom stereocenters. The van der Waals surface area contributed by atoms with Gasteiger partial charge >= 0.3 is 0 Å². The highest BCUT2D eigenvalue weighted by Gasteiger charge is 2.16. The molecule has 1 saturated heterocycles. The molecule has 4 nitrogen and oxygen atoms in total. The monoisotopic (exact) mass is 269 g/mol. The van der Waals surface area contributed by atoms with Gasteiger partial charge in [-0.25, -0.2) is 0 Å². The van der Waals surface area contributed by atoms with E-state index in [0.717, 1.165) is 45.4 Å². The van der Waals surface area contributed by atoms with Gasteiger partial charge in [-0.3, -0.25) is 0 Å². The molecule has 1 aliphatic rings. The summed E-state index contributed by atoms with van der Waals surface area (Å²) in [7, 11) is 0. The fraction of sp³-hybridized carbons (Fsp3) is 0.846. The van der Waals surface area contributed by atoms with Crippen molar-refractivity contribution < 1.29 is 4.74 Å². The van der Waals surface area contributed by atoms with Crippen LogP contribution in [0, 0.1) is 0 Å². The van der Waals surface area contributed by atoms with Crippen LogP contribution in [0.4, 0.5) is 0 Å². The predicted molar refractivity (Wildman–Crippen MR) is 74.1 cm³/mol. The van der Waals surface area contributed by atoms with Crippen LogP contribution in [-0.4, -0.2) is 36.0 Å². The van der Waals surface area contributed by atoms with Crippen molar-refractivity contribution >= 4 is 11.3 Å². The summed E-state index contributed by atoms with van der Waals surface area (Å²) in [5, 5.41) is 14.2. The van der Waals surface area contributed by atoms with Crippen molar-refractivity contribution in [1.82, 2.24) is 15.5 Å². The molecule has 0 radical (unpaired) electrons. The number of ether oxygens (including phenoxy) is 1. The lowest BCUT2D eigenvalue weighted by Crippen LogP contribution is -2.14. The third-order valence-corrected chi connectivity index (χ3v) is 4.25. The summed E-state index contributed by atoms with van der Waals surface area (Å²) in [6, 6.07) is 0. The zero-order chi connectivity index (χ0) is 12.6. The molecule has 18 heavy (non-hydrogen) atoms. The van der Waals surface area contributed by atoms with Crippen LogP contribution in [0.25, 0.3) is 0 Å². The molecule has 1 N–H and O–H groups in total. The minimum absolute atomic E-state index is 0.464. The Labute approximate surface area is 113 Å². The Morgan fingerprint density at radius 2 is 2.17 bits per heavy atom. The molecule has 102 valence electrons. The van der Waals surface area contributed by atoms with E-state index in [0.29, 0.717) is 6.10 Å². The van der Waals surface area contributed by atoms with E-state index in [2.05, 4.69) is 22.4 Å². The first-order chi connectivity index (χ1) is 8.88. The molecular weight excluding hydrogens is 246 g/mol. The van der Waals surface area contributed by atoms with E-state index in [-0.39, 0.29) is 0 Å². The van der Waals surface area contributed by atoms with Crippen molar-refractivity contribution in [3.63, 3.8) is 0 Å². The fourth-order valence-electron chi connectivity index (χ4n) is 2.19. The van der Waals surface area contributed by atoms with Gasteiger partial charge in [-0.05, 0) is 38.8 Å². The Balaban J connectivity index is 1.65. The molecule has 1 aromatic heterocycles. The van der Waals surface area contributed by atoms with Crippen LogP contribution in [0.15, 0.2) is 0 Å². The number of aryl methyl sites for hydroxylation is 2. The summed E-state index contributed by atoms with van der Waals surface area (Å²) >= 11 is 1.77. The lowest BCUT2D eigenvalue weighted by atomic mass is 10.1. The molecule has 0 aromatic carbocycles. The van der Waals surface area contributed by atoms with Crippen molar-refractivity contribution in [3.8, 4) is 0 Å². The lowest BCUT2D eigenvalue weighted by Gasteiger charge is -2.06. The Morgan fingerprint density at radius 1 is 1.33 bits per heavy atom. The third-order valence-electron chi connectivity index (χ3n) is 3.21. The highest BCUT2D eigenvalue weighted by Crippen LogP contribution is 2.19. The molecular formula is C13H23N3OS. The van der Waals surface area contributed by atoms with Crippen molar-refractivity contribution in [2.75, 3.05) is 19.7 Å². The first-order valence-corrected chi connectivity index (χ1v) is 7.83. The van der Waals surface area contributed by atoms with Crippen LogP contribution in [0.1, 0.15) is 42.6 Å². The summed E-state index contributed by atoms with van der Waals surface area (Å²) in [5.74, 6) is 0. The Kier molecular flexibility index (Phi) is 6.04. The van der Waals surface area contributed by atoms with E-state index < -0.39 is 0 Å². The number of hydrogen-bond donors (Lipinski definition) is 1. The van der Waals surface area contributed by atoms with Crippen molar-refractivity contribution in [3.05, 3.63) is 10.0 Å². The van der Waals surface area contributed by atoms with Gasteiger partial charge in [0.2, 0.25) is 0 Å². The standard InChI is InChI=1S/C13H23N3OS/c1-2-14-9-3-6-12-15-16-13(18-12)8-7-11-5-4-10-17-11/h11,14H,2-10H2,1H3. The summed E-state index contributed by atoms with van der Waals surface area (Å²) in [6.07, 6.45) is 7.22. The molecule has 0 bridgehead atoms. The maximum Gasteiger partial charge on any atom is 0.117 e. The maximum absolute atomic E-state index is 5.62. The van der Waals surface area contributed by atoms with E-state index in [9.17, 15) is 0 Å². The number of rotatable bonds is 8. The van der Waals surface area contributed by atoms with Crippen molar-refractivity contribution in [2.24, 2.45) is 0 Å². The molecule has 1 unspecified atom stereocenters. The summed E-state index contributed by atoms with van der Waals surface area (Å²) in [6.45, 7) is 5.19. The van der Waals surface area contributed by atoms with Crippen LogP contribution in [-0.2, 0) is 17.6 Å². The average molecular weight is 269 g/mol. The van der Waals surface area contributed by atoms with Crippen LogP contribution < -0.4 is 5.32 Å². The summed E-state index contributed by atoms with van der Waals surface area (Å²) in [4.78, 5) is 0.